The van der Waals surface area contributed by atoms with E-state index in [1.165, 1.54) is 12.8 Å². The molecule has 0 spiro atoms. The van der Waals surface area contributed by atoms with Gasteiger partial charge in [0.15, 0.2) is 0 Å². The van der Waals surface area contributed by atoms with Crippen molar-refractivity contribution >= 4 is 18.8 Å². The zero-order valence-corrected chi connectivity index (χ0v) is 18.0. The summed E-state index contributed by atoms with van der Waals surface area (Å²) < 4.78 is 15.6. The molecule has 21 heavy (non-hydrogen) atoms. The Hall–Kier alpha value is 1.11. The Morgan fingerprint density at radius 1 is 0.714 bits per heavy atom. The van der Waals surface area contributed by atoms with Crippen LogP contribution in [0, 0.1) is 11.8 Å². The van der Waals surface area contributed by atoms with E-state index in [2.05, 4.69) is 60.4 Å². The van der Waals surface area contributed by atoms with E-state index in [-0.39, 0.29) is 0 Å². The quantitative estimate of drug-likeness (QED) is 0.421. The van der Waals surface area contributed by atoms with Gasteiger partial charge in [-0.3, -0.25) is 0 Å². The van der Waals surface area contributed by atoms with Crippen LogP contribution >= 0.6 is 18.8 Å². The van der Waals surface area contributed by atoms with Crippen LogP contribution in [-0.4, -0.2) is 19.6 Å². The van der Waals surface area contributed by atoms with Crippen LogP contribution in [0.15, 0.2) is 0 Å². The van der Waals surface area contributed by atoms with Gasteiger partial charge >= 0.3 is 41.1 Å². The number of nitrogens with two attached hydrogens (primary N) is 2. The second-order valence-electron chi connectivity index (χ2n) is 6.22. The van der Waals surface area contributed by atoms with Gasteiger partial charge < -0.3 is 11.5 Å². The molecule has 4 nitrogen and oxygen atoms in total. The predicted octanol–water partition coefficient (Wildman–Crippen LogP) is 3.80. The molecule has 0 bridgehead atoms. The van der Waals surface area contributed by atoms with Gasteiger partial charge in [0.1, 0.15) is 0 Å². The van der Waals surface area contributed by atoms with Crippen LogP contribution in [0.25, 0.3) is 0 Å². The molecule has 0 heterocycles. The number of hydrogen-bond acceptors (Lipinski definition) is 4. The Morgan fingerprint density at radius 2 is 0.905 bits per heavy atom. The van der Waals surface area contributed by atoms with Crippen LogP contribution < -0.4 is 11.5 Å². The van der Waals surface area contributed by atoms with Gasteiger partial charge in [-0.15, -0.1) is 0 Å². The molecule has 0 rings (SSSR count). The van der Waals surface area contributed by atoms with Crippen LogP contribution in [0.4, 0.5) is 0 Å². The van der Waals surface area contributed by atoms with Crippen molar-refractivity contribution < 1.29 is 22.3 Å². The molecule has 0 aromatic rings. The van der Waals surface area contributed by atoms with E-state index in [9.17, 15) is 0 Å². The Labute approximate surface area is 143 Å². The summed E-state index contributed by atoms with van der Waals surface area (Å²) in [7, 11) is 9.17. The average molecular weight is 530 g/mol. The molecule has 0 radical (unpaired) electrons. The van der Waals surface area contributed by atoms with E-state index in [4.69, 9.17) is 19.0 Å². The zero-order valence-electron chi connectivity index (χ0n) is 14.3. The van der Waals surface area contributed by atoms with E-state index in [0.717, 1.165) is 24.7 Å². The minimum atomic E-state index is -4.00. The Bertz CT molecular complexity index is 174. The summed E-state index contributed by atoms with van der Waals surface area (Å²) in [5.41, 5.74) is 11.1. The summed E-state index contributed by atoms with van der Waals surface area (Å²) in [6.07, 6.45) is 4.85. The molecule has 6 N–H and O–H groups in total. The number of hydrogen-bond donors (Lipinski definition) is 4. The predicted molar refractivity (Wildman–Crippen MR) is 91.6 cm³/mol. The van der Waals surface area contributed by atoms with Gasteiger partial charge in [-0.05, 0) is 51.4 Å². The van der Waals surface area contributed by atoms with Gasteiger partial charge in [0.05, 0.1) is 0 Å². The van der Waals surface area contributed by atoms with Crippen molar-refractivity contribution in [1.82, 2.24) is 0 Å². The average Bonchev–Trinajstić information content (AvgIpc) is 2.22. The van der Waals surface area contributed by atoms with Gasteiger partial charge in [0.25, 0.3) is 0 Å². The van der Waals surface area contributed by atoms with Gasteiger partial charge in [-0.1, -0.05) is 27.7 Å². The molecule has 0 fully saturated rings. The Morgan fingerprint density at radius 3 is 0.952 bits per heavy atom. The first kappa shape index (κ1) is 27.0. The first-order valence-electron chi connectivity index (χ1n) is 7.29. The molecular weight excluding hydrogens is 494 g/mol. The maximum absolute atomic E-state index is 7.79. The number of rotatable bonds is 6. The van der Waals surface area contributed by atoms with Crippen molar-refractivity contribution in [2.45, 2.75) is 79.3 Å². The molecular formula is C14H36Cl2N2O2Pt. The van der Waals surface area contributed by atoms with E-state index < -0.39 is 14.7 Å². The SMILES string of the molecule is CC(C)CCC(C)N.CC(C)CCC(C)N.[OH][Pt]([OH])([Cl])[Cl]. The molecule has 0 saturated heterocycles. The zero-order chi connectivity index (χ0) is 17.6. The Kier molecular flexibility index (Phi) is 20.5. The van der Waals surface area contributed by atoms with E-state index in [1.807, 2.05) is 0 Å². The molecule has 2 unspecified atom stereocenters. The first-order valence-corrected chi connectivity index (χ1v) is 14.9. The van der Waals surface area contributed by atoms with Crippen molar-refractivity contribution in [3.05, 3.63) is 0 Å². The van der Waals surface area contributed by atoms with Crippen LogP contribution in [-0.2, 0) is 14.7 Å². The van der Waals surface area contributed by atoms with Crippen LogP contribution in [0.3, 0.4) is 0 Å². The third-order valence-electron chi connectivity index (χ3n) is 2.40. The molecule has 0 aromatic heterocycles. The fourth-order valence-corrected chi connectivity index (χ4v) is 1.19. The molecule has 0 aliphatic rings. The second-order valence-corrected chi connectivity index (χ2v) is 15.0. The van der Waals surface area contributed by atoms with E-state index in [1.54, 1.807) is 0 Å². The summed E-state index contributed by atoms with van der Waals surface area (Å²) in [5.74, 6) is 1.61. The van der Waals surface area contributed by atoms with Crippen molar-refractivity contribution in [2.75, 3.05) is 0 Å². The van der Waals surface area contributed by atoms with Crippen LogP contribution in [0.5, 0.6) is 0 Å². The third kappa shape index (κ3) is 62.5. The summed E-state index contributed by atoms with van der Waals surface area (Å²) in [6.45, 7) is 13.0. The van der Waals surface area contributed by atoms with Crippen molar-refractivity contribution in [3.8, 4) is 0 Å². The van der Waals surface area contributed by atoms with Gasteiger partial charge in [0.2, 0.25) is 0 Å². The molecule has 0 aliphatic carbocycles. The fourth-order valence-electron chi connectivity index (χ4n) is 1.19. The summed E-state index contributed by atoms with van der Waals surface area (Å²) in [6, 6.07) is 0.773. The molecule has 138 valence electrons. The minimum absolute atomic E-state index is 0.386. The molecule has 2 atom stereocenters. The standard InChI is InChI=1S/2C7H17N.2ClH.2H2O.Pt/c2*1-6(2)4-5-7(3)8;;;;;/h2*6-7H,4-5,8H2,1-3H3;2*1H;2*1H2;/q;;;;;;+4/p-4. The monoisotopic (exact) mass is 529 g/mol. The molecule has 7 heteroatoms. The molecule has 0 saturated carbocycles. The van der Waals surface area contributed by atoms with Crippen LogP contribution in [0.2, 0.25) is 0 Å². The summed E-state index contributed by atoms with van der Waals surface area (Å²) in [5, 5.41) is 0. The van der Waals surface area contributed by atoms with Gasteiger partial charge in [-0.2, -0.15) is 0 Å². The maximum atomic E-state index is 7.79. The van der Waals surface area contributed by atoms with Crippen molar-refractivity contribution in [1.29, 1.82) is 0 Å². The second kappa shape index (κ2) is 16.0. The Balaban J connectivity index is -0.000000239. The molecule has 0 amide bonds. The van der Waals surface area contributed by atoms with E-state index in [0.29, 0.717) is 12.1 Å². The van der Waals surface area contributed by atoms with Crippen molar-refractivity contribution in [2.24, 2.45) is 23.3 Å². The third-order valence-corrected chi connectivity index (χ3v) is 2.40. The van der Waals surface area contributed by atoms with Crippen molar-refractivity contribution in [3.63, 3.8) is 0 Å². The van der Waals surface area contributed by atoms with E-state index >= 15 is 0 Å². The number of halogens is 2. The van der Waals surface area contributed by atoms with Gasteiger partial charge in [-0.25, -0.2) is 0 Å². The normalized spacial score (nSPS) is 14.8. The topological polar surface area (TPSA) is 92.5 Å². The summed E-state index contributed by atoms with van der Waals surface area (Å²) in [4.78, 5) is 0. The fraction of sp³-hybridized carbons (Fsp3) is 1.00. The van der Waals surface area contributed by atoms with Gasteiger partial charge in [0, 0.05) is 12.1 Å². The molecule has 0 aliphatic heterocycles. The van der Waals surface area contributed by atoms with Crippen LogP contribution in [0.1, 0.15) is 67.2 Å². The summed E-state index contributed by atoms with van der Waals surface area (Å²) >= 11 is -4.00. The first-order chi connectivity index (χ1) is 9.25. The molecule has 0 aromatic carbocycles.